The van der Waals surface area contributed by atoms with E-state index < -0.39 is 5.60 Å². The van der Waals surface area contributed by atoms with E-state index in [2.05, 4.69) is 25.7 Å². The van der Waals surface area contributed by atoms with E-state index in [4.69, 9.17) is 0 Å². The third-order valence-corrected chi connectivity index (χ3v) is 4.11. The van der Waals surface area contributed by atoms with E-state index in [0.717, 1.165) is 17.8 Å². The van der Waals surface area contributed by atoms with Gasteiger partial charge in [0.25, 0.3) is 0 Å². The van der Waals surface area contributed by atoms with Crippen LogP contribution in [-0.4, -0.2) is 30.6 Å². The molecule has 3 heteroatoms. The monoisotopic (exact) mass is 241 g/mol. The number of aliphatic hydroxyl groups is 1. The minimum Gasteiger partial charge on any atom is -0.384 e. The largest absolute Gasteiger partial charge is 0.384 e. The molecule has 1 aromatic heterocycles. The Hall–Kier alpha value is -0.380. The summed E-state index contributed by atoms with van der Waals surface area (Å²) in [6, 6.07) is 4.04. The van der Waals surface area contributed by atoms with Crippen molar-refractivity contribution in [2.75, 3.05) is 20.6 Å². The van der Waals surface area contributed by atoms with Crippen molar-refractivity contribution in [1.29, 1.82) is 0 Å². The zero-order chi connectivity index (χ0) is 12.4. The Kier molecular flexibility index (Phi) is 4.16. The molecule has 92 valence electrons. The van der Waals surface area contributed by atoms with Crippen LogP contribution < -0.4 is 0 Å². The molecule has 2 nitrogen and oxygen atoms in total. The van der Waals surface area contributed by atoms with Crippen molar-refractivity contribution in [3.05, 3.63) is 22.4 Å². The van der Waals surface area contributed by atoms with Gasteiger partial charge in [-0.05, 0) is 37.4 Å². The zero-order valence-electron chi connectivity index (χ0n) is 10.9. The molecule has 1 aromatic rings. The van der Waals surface area contributed by atoms with E-state index in [1.165, 1.54) is 0 Å². The fraction of sp³-hybridized carbons (Fsp3) is 0.692. The lowest BCUT2D eigenvalue weighted by Gasteiger charge is -2.40. The molecular weight excluding hydrogens is 218 g/mol. The van der Waals surface area contributed by atoms with Crippen LogP contribution in [0.5, 0.6) is 0 Å². The van der Waals surface area contributed by atoms with E-state index in [-0.39, 0.29) is 5.41 Å². The summed E-state index contributed by atoms with van der Waals surface area (Å²) in [5, 5.41) is 13.0. The standard InChI is InChI=1S/C13H23NOS/c1-12(2,3)13(15,8-9-14(4)5)11-7-6-10-16-11/h6-7,10,15H,8-9H2,1-5H3. The second-order valence-electron chi connectivity index (χ2n) is 5.64. The van der Waals surface area contributed by atoms with E-state index in [1.54, 1.807) is 11.3 Å². The molecule has 0 aliphatic carbocycles. The Morgan fingerprint density at radius 3 is 2.31 bits per heavy atom. The molecule has 0 fully saturated rings. The van der Waals surface area contributed by atoms with Crippen molar-refractivity contribution in [1.82, 2.24) is 4.90 Å². The van der Waals surface area contributed by atoms with Crippen LogP contribution in [-0.2, 0) is 5.60 Å². The van der Waals surface area contributed by atoms with Crippen LogP contribution in [0.2, 0.25) is 0 Å². The zero-order valence-corrected chi connectivity index (χ0v) is 11.8. The highest BCUT2D eigenvalue weighted by atomic mass is 32.1. The second kappa shape index (κ2) is 4.86. The van der Waals surface area contributed by atoms with Gasteiger partial charge in [0.1, 0.15) is 5.60 Å². The van der Waals surface area contributed by atoms with E-state index in [0.29, 0.717) is 0 Å². The van der Waals surface area contributed by atoms with Gasteiger partial charge in [-0.15, -0.1) is 11.3 Å². The van der Waals surface area contributed by atoms with Gasteiger partial charge in [-0.3, -0.25) is 0 Å². The highest BCUT2D eigenvalue weighted by molar-refractivity contribution is 7.10. The van der Waals surface area contributed by atoms with Crippen LogP contribution in [0.4, 0.5) is 0 Å². The van der Waals surface area contributed by atoms with Crippen LogP contribution in [0.25, 0.3) is 0 Å². The first kappa shape index (κ1) is 13.7. The molecule has 0 bridgehead atoms. The van der Waals surface area contributed by atoms with Gasteiger partial charge in [0.15, 0.2) is 0 Å². The number of thiophene rings is 1. The number of hydrogen-bond donors (Lipinski definition) is 1. The lowest BCUT2D eigenvalue weighted by atomic mass is 9.73. The second-order valence-corrected chi connectivity index (χ2v) is 6.59. The van der Waals surface area contributed by atoms with Gasteiger partial charge in [-0.25, -0.2) is 0 Å². The molecule has 0 saturated carbocycles. The maximum absolute atomic E-state index is 10.9. The average molecular weight is 241 g/mol. The minimum atomic E-state index is -0.731. The van der Waals surface area contributed by atoms with Gasteiger partial charge in [-0.2, -0.15) is 0 Å². The van der Waals surface area contributed by atoms with Gasteiger partial charge >= 0.3 is 0 Å². The van der Waals surface area contributed by atoms with Crippen molar-refractivity contribution in [3.63, 3.8) is 0 Å². The topological polar surface area (TPSA) is 23.5 Å². The average Bonchev–Trinajstić information content (AvgIpc) is 2.65. The van der Waals surface area contributed by atoms with E-state index in [9.17, 15) is 5.11 Å². The van der Waals surface area contributed by atoms with Crippen LogP contribution in [0.15, 0.2) is 17.5 Å². The molecule has 16 heavy (non-hydrogen) atoms. The molecule has 1 atom stereocenters. The normalized spacial score (nSPS) is 16.4. The summed E-state index contributed by atoms with van der Waals surface area (Å²) in [6.07, 6.45) is 0.768. The molecular formula is C13H23NOS. The highest BCUT2D eigenvalue weighted by Gasteiger charge is 2.41. The maximum Gasteiger partial charge on any atom is 0.105 e. The summed E-state index contributed by atoms with van der Waals surface area (Å²) in [5.74, 6) is 0. The predicted octanol–water partition coefficient (Wildman–Crippen LogP) is 2.93. The van der Waals surface area contributed by atoms with E-state index >= 15 is 0 Å². The molecule has 0 radical (unpaired) electrons. The molecule has 0 spiro atoms. The smallest absolute Gasteiger partial charge is 0.105 e. The molecule has 1 rings (SSSR count). The van der Waals surface area contributed by atoms with Gasteiger partial charge in [-0.1, -0.05) is 26.8 Å². The first-order valence-electron chi connectivity index (χ1n) is 5.68. The Labute approximate surface area is 103 Å². The van der Waals surface area contributed by atoms with Crippen molar-refractivity contribution in [2.24, 2.45) is 5.41 Å². The Balaban J connectivity index is 2.95. The number of hydrogen-bond acceptors (Lipinski definition) is 3. The molecule has 1 heterocycles. The Morgan fingerprint density at radius 2 is 1.94 bits per heavy atom. The quantitative estimate of drug-likeness (QED) is 0.876. The summed E-state index contributed by atoms with van der Waals surface area (Å²) < 4.78 is 0. The van der Waals surface area contributed by atoms with Crippen LogP contribution in [0.3, 0.4) is 0 Å². The molecule has 1 unspecified atom stereocenters. The molecule has 1 N–H and O–H groups in total. The van der Waals surface area contributed by atoms with E-state index in [1.807, 2.05) is 31.6 Å². The lowest BCUT2D eigenvalue weighted by Crippen LogP contribution is -2.41. The highest BCUT2D eigenvalue weighted by Crippen LogP contribution is 2.43. The summed E-state index contributed by atoms with van der Waals surface area (Å²) in [7, 11) is 4.08. The minimum absolute atomic E-state index is 0.145. The van der Waals surface area contributed by atoms with Crippen molar-refractivity contribution in [2.45, 2.75) is 32.8 Å². The molecule has 0 aliphatic rings. The van der Waals surface area contributed by atoms with Crippen molar-refractivity contribution in [3.8, 4) is 0 Å². The summed E-state index contributed by atoms with van der Waals surface area (Å²) in [4.78, 5) is 3.19. The first-order chi connectivity index (χ1) is 7.27. The van der Waals surface area contributed by atoms with Gasteiger partial charge in [0, 0.05) is 11.4 Å². The van der Waals surface area contributed by atoms with Gasteiger partial charge in [0.2, 0.25) is 0 Å². The van der Waals surface area contributed by atoms with Gasteiger partial charge in [0.05, 0.1) is 0 Å². The summed E-state index contributed by atoms with van der Waals surface area (Å²) in [6.45, 7) is 7.19. The Morgan fingerprint density at radius 1 is 1.31 bits per heavy atom. The first-order valence-corrected chi connectivity index (χ1v) is 6.56. The Bertz CT molecular complexity index is 313. The number of nitrogens with zero attached hydrogens (tertiary/aromatic N) is 1. The van der Waals surface area contributed by atoms with Crippen molar-refractivity contribution >= 4 is 11.3 Å². The van der Waals surface area contributed by atoms with Crippen LogP contribution in [0, 0.1) is 5.41 Å². The van der Waals surface area contributed by atoms with Crippen LogP contribution >= 0.6 is 11.3 Å². The van der Waals surface area contributed by atoms with Gasteiger partial charge < -0.3 is 10.0 Å². The predicted molar refractivity (Wildman–Crippen MR) is 70.8 cm³/mol. The lowest BCUT2D eigenvalue weighted by molar-refractivity contribution is -0.0716. The fourth-order valence-electron chi connectivity index (χ4n) is 1.77. The fourth-order valence-corrected chi connectivity index (χ4v) is 2.83. The SMILES string of the molecule is CN(C)CCC(O)(c1cccs1)C(C)(C)C. The summed E-state index contributed by atoms with van der Waals surface area (Å²) >= 11 is 1.64. The molecule has 0 aliphatic heterocycles. The molecule has 0 aromatic carbocycles. The summed E-state index contributed by atoms with van der Waals surface area (Å²) in [5.41, 5.74) is -0.876. The van der Waals surface area contributed by atoms with Crippen LogP contribution in [0.1, 0.15) is 32.1 Å². The maximum atomic E-state index is 10.9. The van der Waals surface area contributed by atoms with Crippen molar-refractivity contribution < 1.29 is 5.11 Å². The molecule has 0 amide bonds. The number of rotatable bonds is 4. The molecule has 0 saturated heterocycles. The third kappa shape index (κ3) is 2.84. The third-order valence-electron chi connectivity index (χ3n) is 3.09.